The van der Waals surface area contributed by atoms with E-state index in [1.165, 1.54) is 6.33 Å². The van der Waals surface area contributed by atoms with Crippen LogP contribution < -0.4 is 5.73 Å². The zero-order valence-corrected chi connectivity index (χ0v) is 14.8. The van der Waals surface area contributed by atoms with E-state index in [2.05, 4.69) is 21.0 Å². The standard InChI is InChI=1S/C17H22N5O3/c1-5-17(8-19-4)14-13(23-16(2,3)25-14)12(24-17)10-6-7-11-15(18)20-9-21-22(10)11/h6-7,9,12-14H,5H2,1-4H3,(H2,18,20,21)/q+1/t12-,13-,14-,17-/m0/s1. The topological polar surface area (TPSA) is 88.3 Å². The molecular formula is C17H22N5O3+. The average Bonchev–Trinajstić information content (AvgIpc) is 3.20. The van der Waals surface area contributed by atoms with E-state index < -0.39 is 11.4 Å². The number of hydrogen-bond donors (Lipinski definition) is 1. The molecule has 132 valence electrons. The Bertz CT molecular complexity index is 883. The number of fused-ring (bicyclic) bond motifs is 2. The van der Waals surface area contributed by atoms with Crippen LogP contribution in [0.5, 0.6) is 0 Å². The minimum Gasteiger partial charge on any atom is -0.382 e. The summed E-state index contributed by atoms with van der Waals surface area (Å²) in [5.41, 5.74) is 6.76. The van der Waals surface area contributed by atoms with E-state index in [0.717, 1.165) is 11.2 Å². The zero-order valence-electron chi connectivity index (χ0n) is 14.8. The Morgan fingerprint density at radius 2 is 2.12 bits per heavy atom. The van der Waals surface area contributed by atoms with Crippen LogP contribution in [0, 0.1) is 6.07 Å². The summed E-state index contributed by atoms with van der Waals surface area (Å²) < 4.78 is 20.5. The first kappa shape index (κ1) is 16.3. The average molecular weight is 344 g/mol. The van der Waals surface area contributed by atoms with Gasteiger partial charge in [0.2, 0.25) is 5.60 Å². The summed E-state index contributed by atoms with van der Waals surface area (Å²) in [6, 6.07) is 6.92. The molecule has 2 fully saturated rings. The Kier molecular flexibility index (Phi) is 3.51. The molecule has 0 bridgehead atoms. The van der Waals surface area contributed by atoms with Gasteiger partial charge in [-0.05, 0) is 32.4 Å². The first-order chi connectivity index (χ1) is 11.9. The molecule has 25 heavy (non-hydrogen) atoms. The predicted octanol–water partition coefficient (Wildman–Crippen LogP) is 2.01. The Morgan fingerprint density at radius 1 is 1.32 bits per heavy atom. The van der Waals surface area contributed by atoms with Crippen molar-refractivity contribution < 1.29 is 14.2 Å². The Labute approximate surface area is 145 Å². The van der Waals surface area contributed by atoms with Gasteiger partial charge in [-0.15, -0.1) is 0 Å². The van der Waals surface area contributed by atoms with Crippen molar-refractivity contribution in [2.75, 3.05) is 12.8 Å². The summed E-state index contributed by atoms with van der Waals surface area (Å²) in [5, 5.41) is 4.32. The van der Waals surface area contributed by atoms with Crippen molar-refractivity contribution in [3.05, 3.63) is 29.0 Å². The SMILES string of the molecule is CC[C@@]1(C#[N+]C)O[C@@H](c2ccc3c(N)ncnn23)[C@@H]2OC(C)(C)O[C@@H]21. The lowest BCUT2D eigenvalue weighted by Crippen LogP contribution is -2.41. The van der Waals surface area contributed by atoms with Crippen molar-refractivity contribution in [3.8, 4) is 6.07 Å². The van der Waals surface area contributed by atoms with Crippen LogP contribution in [0.2, 0.25) is 0 Å². The quantitative estimate of drug-likeness (QED) is 0.897. The fraction of sp³-hybridized carbons (Fsp3) is 0.588. The minimum absolute atomic E-state index is 0.293. The number of nitrogen functional groups attached to an aromatic ring is 1. The van der Waals surface area contributed by atoms with Crippen LogP contribution in [-0.4, -0.2) is 45.2 Å². The smallest absolute Gasteiger partial charge is 0.310 e. The van der Waals surface area contributed by atoms with Crippen molar-refractivity contribution >= 4 is 11.3 Å². The molecule has 2 aliphatic rings. The van der Waals surface area contributed by atoms with Gasteiger partial charge >= 0.3 is 6.07 Å². The van der Waals surface area contributed by atoms with Crippen LogP contribution in [-0.2, 0) is 14.2 Å². The lowest BCUT2D eigenvalue weighted by molar-refractivity contribution is -0.200. The molecule has 4 rings (SSSR count). The van der Waals surface area contributed by atoms with Gasteiger partial charge in [-0.25, -0.2) is 9.50 Å². The van der Waals surface area contributed by atoms with Gasteiger partial charge in [-0.1, -0.05) is 11.8 Å². The molecule has 0 amide bonds. The highest BCUT2D eigenvalue weighted by Gasteiger charge is 2.65. The number of ether oxygens (including phenoxy) is 3. The second kappa shape index (κ2) is 5.39. The van der Waals surface area contributed by atoms with Gasteiger partial charge in [0.05, 0.1) is 5.69 Å². The summed E-state index contributed by atoms with van der Waals surface area (Å²) in [5.74, 6) is -0.281. The summed E-state index contributed by atoms with van der Waals surface area (Å²) in [6.45, 7) is 5.84. The summed E-state index contributed by atoms with van der Waals surface area (Å²) >= 11 is 0. The lowest BCUT2D eigenvalue weighted by atomic mass is 9.93. The molecule has 0 aromatic carbocycles. The summed E-state index contributed by atoms with van der Waals surface area (Å²) in [4.78, 5) is 8.13. The van der Waals surface area contributed by atoms with Crippen molar-refractivity contribution in [3.63, 3.8) is 0 Å². The van der Waals surface area contributed by atoms with Crippen LogP contribution >= 0.6 is 0 Å². The second-order valence-electron chi connectivity index (χ2n) is 6.84. The number of aromatic nitrogens is 3. The molecule has 2 aromatic rings. The maximum Gasteiger partial charge on any atom is 0.310 e. The molecule has 2 aliphatic heterocycles. The van der Waals surface area contributed by atoms with E-state index >= 15 is 0 Å². The van der Waals surface area contributed by atoms with E-state index in [1.807, 2.05) is 32.9 Å². The Balaban J connectivity index is 1.84. The van der Waals surface area contributed by atoms with Crippen LogP contribution in [0.25, 0.3) is 10.4 Å². The van der Waals surface area contributed by atoms with Gasteiger partial charge in [-0.3, -0.25) is 0 Å². The maximum atomic E-state index is 6.41. The molecule has 2 saturated heterocycles. The van der Waals surface area contributed by atoms with Crippen LogP contribution in [0.3, 0.4) is 0 Å². The molecule has 4 heterocycles. The van der Waals surface area contributed by atoms with Gasteiger partial charge in [0.1, 0.15) is 30.2 Å². The molecule has 8 heteroatoms. The van der Waals surface area contributed by atoms with Gasteiger partial charge in [0, 0.05) is 0 Å². The molecule has 0 saturated carbocycles. The largest absolute Gasteiger partial charge is 0.382 e. The van der Waals surface area contributed by atoms with Gasteiger partial charge < -0.3 is 19.9 Å². The Hall–Kier alpha value is -2.21. The normalized spacial score (nSPS) is 33.2. The van der Waals surface area contributed by atoms with Gasteiger partial charge in [0.25, 0.3) is 7.05 Å². The molecule has 0 aliphatic carbocycles. The molecule has 0 radical (unpaired) electrons. The van der Waals surface area contributed by atoms with E-state index in [-0.39, 0.29) is 18.3 Å². The first-order valence-corrected chi connectivity index (χ1v) is 8.38. The zero-order chi connectivity index (χ0) is 17.8. The molecule has 0 unspecified atom stereocenters. The number of nitrogens with two attached hydrogens (primary N) is 1. The fourth-order valence-corrected chi connectivity index (χ4v) is 3.79. The maximum absolute atomic E-state index is 6.41. The van der Waals surface area contributed by atoms with Crippen molar-refractivity contribution in [2.45, 2.75) is 56.9 Å². The van der Waals surface area contributed by atoms with E-state index in [0.29, 0.717) is 12.2 Å². The van der Waals surface area contributed by atoms with Gasteiger partial charge in [-0.2, -0.15) is 5.10 Å². The predicted molar refractivity (Wildman–Crippen MR) is 91.2 cm³/mol. The third kappa shape index (κ3) is 2.31. The van der Waals surface area contributed by atoms with E-state index in [9.17, 15) is 0 Å². The van der Waals surface area contributed by atoms with Crippen molar-refractivity contribution in [1.29, 1.82) is 0 Å². The highest BCUT2D eigenvalue weighted by molar-refractivity contribution is 5.65. The molecule has 0 spiro atoms. The Morgan fingerprint density at radius 3 is 2.84 bits per heavy atom. The van der Waals surface area contributed by atoms with E-state index in [4.69, 9.17) is 19.9 Å². The van der Waals surface area contributed by atoms with Crippen LogP contribution in [0.1, 0.15) is 39.0 Å². The third-order valence-corrected chi connectivity index (χ3v) is 4.85. The second-order valence-corrected chi connectivity index (χ2v) is 6.84. The van der Waals surface area contributed by atoms with Crippen LogP contribution in [0.15, 0.2) is 18.5 Å². The monoisotopic (exact) mass is 344 g/mol. The molecule has 4 atom stereocenters. The molecule has 2 N–H and O–H groups in total. The minimum atomic E-state index is -0.763. The fourth-order valence-electron chi connectivity index (χ4n) is 3.79. The van der Waals surface area contributed by atoms with Crippen molar-refractivity contribution in [2.24, 2.45) is 0 Å². The number of nitrogens with zero attached hydrogens (tertiary/aromatic N) is 4. The molecular weight excluding hydrogens is 322 g/mol. The molecule has 2 aromatic heterocycles. The number of rotatable bonds is 2. The highest BCUT2D eigenvalue weighted by atomic mass is 16.8. The van der Waals surface area contributed by atoms with Crippen molar-refractivity contribution in [1.82, 2.24) is 14.6 Å². The lowest BCUT2D eigenvalue weighted by Gasteiger charge is -2.26. The van der Waals surface area contributed by atoms with E-state index in [1.54, 1.807) is 11.6 Å². The first-order valence-electron chi connectivity index (χ1n) is 8.38. The third-order valence-electron chi connectivity index (χ3n) is 4.85. The summed E-state index contributed by atoms with van der Waals surface area (Å²) in [7, 11) is 1.69. The number of hydrogen-bond acceptors (Lipinski definition) is 6. The molecule has 8 nitrogen and oxygen atoms in total. The van der Waals surface area contributed by atoms with Gasteiger partial charge in [0.15, 0.2) is 11.6 Å². The van der Waals surface area contributed by atoms with Crippen LogP contribution in [0.4, 0.5) is 5.82 Å². The highest BCUT2D eigenvalue weighted by Crippen LogP contribution is 2.51. The number of anilines is 1. The summed E-state index contributed by atoms with van der Waals surface area (Å²) in [6.07, 6.45) is 1.13.